The van der Waals surface area contributed by atoms with Crippen molar-refractivity contribution in [1.82, 2.24) is 14.5 Å². The van der Waals surface area contributed by atoms with E-state index >= 15 is 0 Å². The van der Waals surface area contributed by atoms with Gasteiger partial charge in [-0.1, -0.05) is 54.6 Å². The molecule has 4 aromatic rings. The van der Waals surface area contributed by atoms with Crippen LogP contribution in [0.25, 0.3) is 22.4 Å². The molecule has 0 unspecified atom stereocenters. The lowest BCUT2D eigenvalue weighted by molar-refractivity contribution is 0.321. The summed E-state index contributed by atoms with van der Waals surface area (Å²) < 4.78 is 8.07. The number of fused-ring (bicyclic) bond motifs is 1. The van der Waals surface area contributed by atoms with Crippen LogP contribution in [0.3, 0.4) is 0 Å². The maximum Gasteiger partial charge on any atom is 0.141 e. The molecule has 0 spiro atoms. The van der Waals surface area contributed by atoms with Gasteiger partial charge in [-0.3, -0.25) is 4.90 Å². The molecule has 5 rings (SSSR count). The van der Waals surface area contributed by atoms with Crippen molar-refractivity contribution in [3.05, 3.63) is 83.9 Å². The van der Waals surface area contributed by atoms with Gasteiger partial charge in [-0.2, -0.15) is 0 Å². The first-order chi connectivity index (χ1) is 14.8. The van der Waals surface area contributed by atoms with Crippen molar-refractivity contribution in [2.45, 2.75) is 25.9 Å². The number of aromatic nitrogens is 2. The van der Waals surface area contributed by atoms with E-state index < -0.39 is 0 Å². The Kier molecular flexibility index (Phi) is 5.24. The Morgan fingerprint density at radius 2 is 1.63 bits per heavy atom. The first kappa shape index (κ1) is 18.9. The lowest BCUT2D eigenvalue weighted by atomic mass is 10.1. The van der Waals surface area contributed by atoms with E-state index in [1.54, 1.807) is 7.11 Å². The van der Waals surface area contributed by atoms with Crippen LogP contribution in [0.1, 0.15) is 24.0 Å². The molecule has 152 valence electrons. The standard InChI is InChI=1S/C26H27N3O/c1-30-25-17-20(13-14-22(25)19-28-15-7-8-16-28)18-29-24-12-6-5-11-23(24)27-26(29)21-9-3-2-4-10-21/h2-6,9-14,17H,7-8,15-16,18-19H2,1H3. The number of ether oxygens (including phenoxy) is 1. The molecule has 0 aliphatic carbocycles. The number of benzene rings is 3. The van der Waals surface area contributed by atoms with Gasteiger partial charge in [-0.05, 0) is 49.7 Å². The average molecular weight is 398 g/mol. The van der Waals surface area contributed by atoms with Gasteiger partial charge in [0.25, 0.3) is 0 Å². The molecular formula is C26H27N3O. The lowest BCUT2D eigenvalue weighted by Gasteiger charge is -2.18. The van der Waals surface area contributed by atoms with Gasteiger partial charge in [-0.15, -0.1) is 0 Å². The fraction of sp³-hybridized carbons (Fsp3) is 0.269. The number of para-hydroxylation sites is 2. The van der Waals surface area contributed by atoms with Crippen LogP contribution in [0.15, 0.2) is 72.8 Å². The third kappa shape index (κ3) is 3.71. The summed E-state index contributed by atoms with van der Waals surface area (Å²) in [4.78, 5) is 7.44. The fourth-order valence-electron chi connectivity index (χ4n) is 4.43. The average Bonchev–Trinajstić information content (AvgIpc) is 3.43. The zero-order chi connectivity index (χ0) is 20.3. The summed E-state index contributed by atoms with van der Waals surface area (Å²) in [6.45, 7) is 4.09. The number of imidazole rings is 1. The second-order valence-electron chi connectivity index (χ2n) is 8.01. The van der Waals surface area contributed by atoms with Crippen molar-refractivity contribution in [3.63, 3.8) is 0 Å². The summed E-state index contributed by atoms with van der Waals surface area (Å²) in [6.07, 6.45) is 2.60. The topological polar surface area (TPSA) is 30.3 Å². The van der Waals surface area contributed by atoms with Crippen molar-refractivity contribution < 1.29 is 4.74 Å². The Morgan fingerprint density at radius 3 is 2.43 bits per heavy atom. The molecule has 0 N–H and O–H groups in total. The van der Waals surface area contributed by atoms with E-state index in [2.05, 4.69) is 70.1 Å². The van der Waals surface area contributed by atoms with Gasteiger partial charge in [0, 0.05) is 24.2 Å². The number of rotatable bonds is 6. The summed E-state index contributed by atoms with van der Waals surface area (Å²) in [5.74, 6) is 1.97. The highest BCUT2D eigenvalue weighted by atomic mass is 16.5. The summed E-state index contributed by atoms with van der Waals surface area (Å²) in [5.41, 5.74) is 5.79. The van der Waals surface area contributed by atoms with E-state index in [9.17, 15) is 0 Å². The normalized spacial score (nSPS) is 14.4. The van der Waals surface area contributed by atoms with Crippen LogP contribution >= 0.6 is 0 Å². The maximum absolute atomic E-state index is 5.77. The molecule has 0 bridgehead atoms. The van der Waals surface area contributed by atoms with E-state index in [0.717, 1.165) is 41.3 Å². The Morgan fingerprint density at radius 1 is 0.867 bits per heavy atom. The Balaban J connectivity index is 1.51. The molecule has 2 heterocycles. The number of hydrogen-bond donors (Lipinski definition) is 0. The highest BCUT2D eigenvalue weighted by Gasteiger charge is 2.16. The smallest absolute Gasteiger partial charge is 0.141 e. The minimum absolute atomic E-state index is 0.755. The quantitative estimate of drug-likeness (QED) is 0.439. The van der Waals surface area contributed by atoms with E-state index in [1.165, 1.54) is 37.1 Å². The molecule has 1 aliphatic rings. The lowest BCUT2D eigenvalue weighted by Crippen LogP contribution is -2.18. The molecule has 3 aromatic carbocycles. The highest BCUT2D eigenvalue weighted by molar-refractivity contribution is 5.80. The van der Waals surface area contributed by atoms with Crippen LogP contribution in [0, 0.1) is 0 Å². The van der Waals surface area contributed by atoms with Crippen molar-refractivity contribution in [1.29, 1.82) is 0 Å². The number of hydrogen-bond acceptors (Lipinski definition) is 3. The molecular weight excluding hydrogens is 370 g/mol. The minimum atomic E-state index is 0.755. The molecule has 1 saturated heterocycles. The first-order valence-corrected chi connectivity index (χ1v) is 10.7. The Labute approximate surface area is 177 Å². The predicted octanol–water partition coefficient (Wildman–Crippen LogP) is 5.36. The monoisotopic (exact) mass is 397 g/mol. The van der Waals surface area contributed by atoms with Gasteiger partial charge >= 0.3 is 0 Å². The van der Waals surface area contributed by atoms with Gasteiger partial charge in [0.1, 0.15) is 11.6 Å². The second kappa shape index (κ2) is 8.33. The molecule has 0 saturated carbocycles. The fourth-order valence-corrected chi connectivity index (χ4v) is 4.43. The molecule has 0 atom stereocenters. The van der Waals surface area contributed by atoms with Crippen LogP contribution in [0.4, 0.5) is 0 Å². The Hall–Kier alpha value is -3.11. The van der Waals surface area contributed by atoms with Crippen LogP contribution in [0.2, 0.25) is 0 Å². The zero-order valence-electron chi connectivity index (χ0n) is 17.4. The van der Waals surface area contributed by atoms with Crippen molar-refractivity contribution in [2.75, 3.05) is 20.2 Å². The van der Waals surface area contributed by atoms with Crippen LogP contribution in [0.5, 0.6) is 5.75 Å². The SMILES string of the molecule is COc1cc(Cn2c(-c3ccccc3)nc3ccccc32)ccc1CN1CCCC1. The van der Waals surface area contributed by atoms with E-state index in [1.807, 2.05) is 12.1 Å². The summed E-state index contributed by atoms with van der Waals surface area (Å²) in [5, 5.41) is 0. The van der Waals surface area contributed by atoms with Crippen LogP contribution < -0.4 is 4.74 Å². The third-order valence-electron chi connectivity index (χ3n) is 5.97. The molecule has 0 radical (unpaired) electrons. The van der Waals surface area contributed by atoms with Gasteiger partial charge in [0.05, 0.1) is 18.1 Å². The first-order valence-electron chi connectivity index (χ1n) is 10.7. The molecule has 4 heteroatoms. The zero-order valence-corrected chi connectivity index (χ0v) is 17.4. The van der Waals surface area contributed by atoms with E-state index in [0.29, 0.717) is 0 Å². The largest absolute Gasteiger partial charge is 0.496 e. The van der Waals surface area contributed by atoms with E-state index in [-0.39, 0.29) is 0 Å². The van der Waals surface area contributed by atoms with Gasteiger partial charge in [-0.25, -0.2) is 4.98 Å². The van der Waals surface area contributed by atoms with Gasteiger partial charge in [0.2, 0.25) is 0 Å². The highest BCUT2D eigenvalue weighted by Crippen LogP contribution is 2.28. The van der Waals surface area contributed by atoms with Crippen LogP contribution in [-0.4, -0.2) is 34.7 Å². The summed E-state index contributed by atoms with van der Waals surface area (Å²) >= 11 is 0. The number of likely N-dealkylation sites (tertiary alicyclic amines) is 1. The predicted molar refractivity (Wildman–Crippen MR) is 122 cm³/mol. The van der Waals surface area contributed by atoms with Gasteiger partial charge < -0.3 is 9.30 Å². The minimum Gasteiger partial charge on any atom is -0.496 e. The molecule has 1 aliphatic heterocycles. The third-order valence-corrected chi connectivity index (χ3v) is 5.97. The van der Waals surface area contributed by atoms with Crippen molar-refractivity contribution >= 4 is 11.0 Å². The van der Waals surface area contributed by atoms with E-state index in [4.69, 9.17) is 9.72 Å². The Bertz CT molecular complexity index is 1140. The van der Waals surface area contributed by atoms with Crippen molar-refractivity contribution in [3.8, 4) is 17.1 Å². The number of methoxy groups -OCH3 is 1. The maximum atomic E-state index is 5.77. The molecule has 1 fully saturated rings. The summed E-state index contributed by atoms with van der Waals surface area (Å²) in [7, 11) is 1.77. The molecule has 0 amide bonds. The molecule has 30 heavy (non-hydrogen) atoms. The van der Waals surface area contributed by atoms with Crippen molar-refractivity contribution in [2.24, 2.45) is 0 Å². The number of nitrogens with zero attached hydrogens (tertiary/aromatic N) is 3. The van der Waals surface area contributed by atoms with Gasteiger partial charge in [0.15, 0.2) is 0 Å². The molecule has 1 aromatic heterocycles. The molecule has 4 nitrogen and oxygen atoms in total. The second-order valence-corrected chi connectivity index (χ2v) is 8.01. The van der Waals surface area contributed by atoms with Crippen LogP contribution in [-0.2, 0) is 13.1 Å². The summed E-state index contributed by atoms with van der Waals surface area (Å²) in [6, 6.07) is 25.4.